The van der Waals surface area contributed by atoms with E-state index in [1.165, 1.54) is 4.90 Å². The normalized spacial score (nSPS) is 24.1. The molecule has 6 heteroatoms. The summed E-state index contributed by atoms with van der Waals surface area (Å²) in [5.74, 6) is 0.489. The van der Waals surface area contributed by atoms with Gasteiger partial charge < -0.3 is 20.6 Å². The Morgan fingerprint density at radius 1 is 1.39 bits per heavy atom. The number of hydrogen-bond donors (Lipinski definition) is 2. The summed E-state index contributed by atoms with van der Waals surface area (Å²) in [5, 5.41) is 9.10. The van der Waals surface area contributed by atoms with Gasteiger partial charge in [0.15, 0.2) is 0 Å². The zero-order valence-corrected chi connectivity index (χ0v) is 10.6. The van der Waals surface area contributed by atoms with Crippen LogP contribution in [0.4, 0.5) is 16.3 Å². The number of rotatable bonds is 1. The summed E-state index contributed by atoms with van der Waals surface area (Å²) in [7, 11) is 0. The van der Waals surface area contributed by atoms with Gasteiger partial charge in [0.25, 0.3) is 0 Å². The molecule has 3 N–H and O–H groups in total. The molecule has 1 aromatic heterocycles. The maximum Gasteiger partial charge on any atom is 0.407 e. The van der Waals surface area contributed by atoms with Gasteiger partial charge >= 0.3 is 6.09 Å². The first-order valence-corrected chi connectivity index (χ1v) is 5.96. The van der Waals surface area contributed by atoms with Crippen molar-refractivity contribution in [1.82, 2.24) is 9.88 Å². The molecule has 0 unspecified atom stereocenters. The molecule has 2 rings (SSSR count). The van der Waals surface area contributed by atoms with Crippen molar-refractivity contribution in [3.05, 3.63) is 18.3 Å². The van der Waals surface area contributed by atoms with Crippen LogP contribution in [-0.4, -0.2) is 46.3 Å². The summed E-state index contributed by atoms with van der Waals surface area (Å²) in [6.45, 7) is 5.09. The number of pyridine rings is 1. The van der Waals surface area contributed by atoms with Crippen LogP contribution in [0.25, 0.3) is 0 Å². The van der Waals surface area contributed by atoms with Crippen LogP contribution in [0.3, 0.4) is 0 Å². The fourth-order valence-corrected chi connectivity index (χ4v) is 2.32. The van der Waals surface area contributed by atoms with Crippen molar-refractivity contribution in [3.63, 3.8) is 0 Å². The third kappa shape index (κ3) is 2.32. The first-order valence-electron chi connectivity index (χ1n) is 5.96. The Morgan fingerprint density at radius 3 is 2.67 bits per heavy atom. The smallest absolute Gasteiger partial charge is 0.407 e. The fraction of sp³-hybridized carbons (Fsp3) is 0.500. The number of carboxylic acid groups (broad SMARTS) is 1. The van der Waals surface area contributed by atoms with E-state index < -0.39 is 6.09 Å². The lowest BCUT2D eigenvalue weighted by Crippen LogP contribution is -2.58. The first-order chi connectivity index (χ1) is 8.49. The Morgan fingerprint density at radius 2 is 2.11 bits per heavy atom. The summed E-state index contributed by atoms with van der Waals surface area (Å²) in [6.07, 6.45) is 0.874. The monoisotopic (exact) mass is 250 g/mol. The standard InChI is InChI=1S/C12H18N4O2/c1-8-7-16(12(17)18)9(2)6-15(8)10-3-4-11(13)14-5-10/h3-5,8-9H,6-7H2,1-2H3,(H2,13,14)(H,17,18)/t8-,9+/m1/s1. The summed E-state index contributed by atoms with van der Waals surface area (Å²) < 4.78 is 0. The molecule has 0 saturated carbocycles. The van der Waals surface area contributed by atoms with Gasteiger partial charge in [-0.2, -0.15) is 0 Å². The van der Waals surface area contributed by atoms with E-state index in [4.69, 9.17) is 10.8 Å². The van der Waals surface area contributed by atoms with Crippen LogP contribution in [0.5, 0.6) is 0 Å². The number of nitrogen functional groups attached to an aromatic ring is 1. The van der Waals surface area contributed by atoms with Gasteiger partial charge in [0.2, 0.25) is 0 Å². The van der Waals surface area contributed by atoms with E-state index in [2.05, 4.69) is 9.88 Å². The van der Waals surface area contributed by atoms with Crippen LogP contribution in [0.15, 0.2) is 18.3 Å². The molecule has 0 bridgehead atoms. The molecule has 2 atom stereocenters. The minimum Gasteiger partial charge on any atom is -0.465 e. The summed E-state index contributed by atoms with van der Waals surface area (Å²) in [5.41, 5.74) is 6.54. The number of nitrogens with two attached hydrogens (primary N) is 1. The van der Waals surface area contributed by atoms with E-state index in [9.17, 15) is 4.79 Å². The lowest BCUT2D eigenvalue weighted by atomic mass is 10.1. The second kappa shape index (κ2) is 4.72. The highest BCUT2D eigenvalue weighted by atomic mass is 16.4. The van der Waals surface area contributed by atoms with E-state index >= 15 is 0 Å². The lowest BCUT2D eigenvalue weighted by Gasteiger charge is -2.43. The highest BCUT2D eigenvalue weighted by molar-refractivity contribution is 5.66. The number of nitrogens with zero attached hydrogens (tertiary/aromatic N) is 3. The summed E-state index contributed by atoms with van der Waals surface area (Å²) >= 11 is 0. The Bertz CT molecular complexity index is 434. The molecule has 1 saturated heterocycles. The maximum absolute atomic E-state index is 11.1. The molecule has 0 aliphatic carbocycles. The number of carbonyl (C=O) groups is 1. The Balaban J connectivity index is 2.16. The van der Waals surface area contributed by atoms with E-state index in [0.29, 0.717) is 18.9 Å². The molecule has 98 valence electrons. The average Bonchev–Trinajstić information content (AvgIpc) is 2.32. The van der Waals surface area contributed by atoms with Gasteiger partial charge in [-0.05, 0) is 26.0 Å². The molecule has 6 nitrogen and oxygen atoms in total. The third-order valence-electron chi connectivity index (χ3n) is 3.33. The van der Waals surface area contributed by atoms with Crippen LogP contribution in [0.1, 0.15) is 13.8 Å². The molecule has 1 aliphatic heterocycles. The van der Waals surface area contributed by atoms with Crippen molar-refractivity contribution in [2.45, 2.75) is 25.9 Å². The minimum absolute atomic E-state index is 0.0312. The van der Waals surface area contributed by atoms with E-state index in [1.54, 1.807) is 12.3 Å². The van der Waals surface area contributed by atoms with Crippen LogP contribution in [0.2, 0.25) is 0 Å². The van der Waals surface area contributed by atoms with Crippen molar-refractivity contribution in [2.75, 3.05) is 23.7 Å². The summed E-state index contributed by atoms with van der Waals surface area (Å²) in [6, 6.07) is 3.78. The zero-order valence-electron chi connectivity index (χ0n) is 10.6. The second-order valence-corrected chi connectivity index (χ2v) is 4.73. The molecule has 1 aliphatic rings. The SMILES string of the molecule is C[C@@H]1CN(C(=O)O)[C@@H](C)CN1c1ccc(N)nc1. The predicted octanol–water partition coefficient (Wildman–Crippen LogP) is 1.24. The topological polar surface area (TPSA) is 82.7 Å². The van der Waals surface area contributed by atoms with E-state index in [1.807, 2.05) is 19.9 Å². The Kier molecular flexibility index (Phi) is 3.27. The van der Waals surface area contributed by atoms with Crippen molar-refractivity contribution < 1.29 is 9.90 Å². The molecular formula is C12H18N4O2. The van der Waals surface area contributed by atoms with Gasteiger partial charge in [-0.25, -0.2) is 9.78 Å². The van der Waals surface area contributed by atoms with Crippen molar-refractivity contribution in [3.8, 4) is 0 Å². The van der Waals surface area contributed by atoms with Gasteiger partial charge in [-0.3, -0.25) is 0 Å². The van der Waals surface area contributed by atoms with Crippen LogP contribution >= 0.6 is 0 Å². The maximum atomic E-state index is 11.1. The second-order valence-electron chi connectivity index (χ2n) is 4.73. The highest BCUT2D eigenvalue weighted by Crippen LogP contribution is 2.23. The van der Waals surface area contributed by atoms with Gasteiger partial charge in [0.05, 0.1) is 11.9 Å². The molecule has 0 radical (unpaired) electrons. The number of piperazine rings is 1. The van der Waals surface area contributed by atoms with Crippen molar-refractivity contribution >= 4 is 17.6 Å². The number of aromatic nitrogens is 1. The molecule has 0 spiro atoms. The molecule has 1 amide bonds. The van der Waals surface area contributed by atoms with Crippen molar-refractivity contribution in [2.24, 2.45) is 0 Å². The fourth-order valence-electron chi connectivity index (χ4n) is 2.32. The molecule has 0 aromatic carbocycles. The van der Waals surface area contributed by atoms with Crippen LogP contribution in [0, 0.1) is 0 Å². The average molecular weight is 250 g/mol. The quantitative estimate of drug-likeness (QED) is 0.783. The van der Waals surface area contributed by atoms with Gasteiger partial charge in [-0.1, -0.05) is 0 Å². The Labute approximate surface area is 106 Å². The van der Waals surface area contributed by atoms with Gasteiger partial charge in [0, 0.05) is 25.2 Å². The number of hydrogen-bond acceptors (Lipinski definition) is 4. The molecule has 1 fully saturated rings. The van der Waals surface area contributed by atoms with E-state index in [0.717, 1.165) is 5.69 Å². The molecule has 1 aromatic rings. The molecule has 2 heterocycles. The minimum atomic E-state index is -0.857. The third-order valence-corrected chi connectivity index (χ3v) is 3.33. The predicted molar refractivity (Wildman–Crippen MR) is 69.7 cm³/mol. The summed E-state index contributed by atoms with van der Waals surface area (Å²) in [4.78, 5) is 18.8. The first kappa shape index (κ1) is 12.5. The molecular weight excluding hydrogens is 232 g/mol. The molecule has 18 heavy (non-hydrogen) atoms. The zero-order chi connectivity index (χ0) is 13.3. The van der Waals surface area contributed by atoms with Gasteiger partial charge in [-0.15, -0.1) is 0 Å². The number of anilines is 2. The Hall–Kier alpha value is -1.98. The number of amides is 1. The largest absolute Gasteiger partial charge is 0.465 e. The highest BCUT2D eigenvalue weighted by Gasteiger charge is 2.31. The lowest BCUT2D eigenvalue weighted by molar-refractivity contribution is 0.114. The van der Waals surface area contributed by atoms with Crippen molar-refractivity contribution in [1.29, 1.82) is 0 Å². The van der Waals surface area contributed by atoms with Crippen LogP contribution in [-0.2, 0) is 0 Å². The van der Waals surface area contributed by atoms with Crippen LogP contribution < -0.4 is 10.6 Å². The van der Waals surface area contributed by atoms with E-state index in [-0.39, 0.29) is 12.1 Å². The van der Waals surface area contributed by atoms with Gasteiger partial charge in [0.1, 0.15) is 5.82 Å².